The van der Waals surface area contributed by atoms with Crippen molar-refractivity contribution in [3.05, 3.63) is 17.5 Å². The monoisotopic (exact) mass is 347 g/mol. The number of aromatic nitrogens is 2. The summed E-state index contributed by atoms with van der Waals surface area (Å²) in [7, 11) is 4.07. The molecule has 140 valence electrons. The van der Waals surface area contributed by atoms with Crippen molar-refractivity contribution in [2.45, 2.75) is 51.9 Å². The van der Waals surface area contributed by atoms with Crippen LogP contribution in [0.15, 0.2) is 6.07 Å². The zero-order valence-corrected chi connectivity index (χ0v) is 16.2. The summed E-state index contributed by atoms with van der Waals surface area (Å²) in [5.74, 6) is 0.889. The Bertz CT molecular complexity index is 551. The molecule has 1 fully saturated rings. The molecule has 6 heteroatoms. The van der Waals surface area contributed by atoms with E-state index in [2.05, 4.69) is 33.9 Å². The molecule has 0 aromatic carbocycles. The Morgan fingerprint density at radius 1 is 1.20 bits per heavy atom. The van der Waals surface area contributed by atoms with Crippen LogP contribution in [0.1, 0.15) is 68.1 Å². The van der Waals surface area contributed by atoms with Crippen molar-refractivity contribution < 1.29 is 4.79 Å². The number of amides is 1. The highest BCUT2D eigenvalue weighted by Gasteiger charge is 2.18. The summed E-state index contributed by atoms with van der Waals surface area (Å²) >= 11 is 0. The number of rotatable bonds is 7. The fourth-order valence-corrected chi connectivity index (χ4v) is 2.96. The second kappa shape index (κ2) is 9.70. The molecule has 1 aromatic rings. The topological polar surface area (TPSA) is 61.4 Å². The molecule has 0 unspecified atom stereocenters. The number of hydrogen-bond donors (Lipinski definition) is 1. The zero-order chi connectivity index (χ0) is 18.2. The lowest BCUT2D eigenvalue weighted by Gasteiger charge is -2.22. The zero-order valence-electron chi connectivity index (χ0n) is 16.2. The number of carbonyl (C=O) groups is 1. The van der Waals surface area contributed by atoms with Crippen molar-refractivity contribution in [2.24, 2.45) is 0 Å². The van der Waals surface area contributed by atoms with Crippen molar-refractivity contribution in [2.75, 3.05) is 45.2 Å². The van der Waals surface area contributed by atoms with Gasteiger partial charge in [-0.1, -0.05) is 26.7 Å². The van der Waals surface area contributed by atoms with E-state index in [4.69, 9.17) is 4.98 Å². The minimum absolute atomic E-state index is 0.0980. The smallest absolute Gasteiger partial charge is 0.270 e. The van der Waals surface area contributed by atoms with Gasteiger partial charge in [0.1, 0.15) is 5.69 Å². The van der Waals surface area contributed by atoms with E-state index in [1.807, 2.05) is 20.2 Å². The molecule has 1 saturated heterocycles. The highest BCUT2D eigenvalue weighted by Crippen LogP contribution is 2.20. The van der Waals surface area contributed by atoms with E-state index in [9.17, 15) is 4.79 Å². The number of hydrogen-bond acceptors (Lipinski definition) is 5. The van der Waals surface area contributed by atoms with Crippen LogP contribution >= 0.6 is 0 Å². The summed E-state index contributed by atoms with van der Waals surface area (Å²) in [4.78, 5) is 26.2. The summed E-state index contributed by atoms with van der Waals surface area (Å²) in [6.07, 6.45) is 5.79. The van der Waals surface area contributed by atoms with Crippen LogP contribution < -0.4 is 10.2 Å². The van der Waals surface area contributed by atoms with Gasteiger partial charge >= 0.3 is 0 Å². The van der Waals surface area contributed by atoms with Crippen LogP contribution in [0.3, 0.4) is 0 Å². The van der Waals surface area contributed by atoms with Gasteiger partial charge in [0.2, 0.25) is 5.95 Å². The molecular formula is C19H33N5O. The molecule has 2 rings (SSSR count). The molecule has 0 saturated carbocycles. The van der Waals surface area contributed by atoms with E-state index in [-0.39, 0.29) is 11.8 Å². The van der Waals surface area contributed by atoms with Crippen LogP contribution in [0.5, 0.6) is 0 Å². The molecule has 6 nitrogen and oxygen atoms in total. The van der Waals surface area contributed by atoms with Crippen molar-refractivity contribution in [1.29, 1.82) is 0 Å². The molecule has 2 heterocycles. The molecule has 0 aliphatic carbocycles. The lowest BCUT2D eigenvalue weighted by atomic mass is 10.1. The van der Waals surface area contributed by atoms with Gasteiger partial charge in [-0.15, -0.1) is 0 Å². The first-order valence-electron chi connectivity index (χ1n) is 9.54. The maximum absolute atomic E-state index is 12.5. The largest absolute Gasteiger partial charge is 0.351 e. The van der Waals surface area contributed by atoms with Crippen LogP contribution in [0.25, 0.3) is 0 Å². The highest BCUT2D eigenvalue weighted by molar-refractivity contribution is 5.92. The van der Waals surface area contributed by atoms with Crippen LogP contribution in [-0.2, 0) is 0 Å². The van der Waals surface area contributed by atoms with Crippen LogP contribution in [-0.4, -0.2) is 61.0 Å². The van der Waals surface area contributed by atoms with Gasteiger partial charge in [0, 0.05) is 25.3 Å². The fraction of sp³-hybridized carbons (Fsp3) is 0.737. The summed E-state index contributed by atoms with van der Waals surface area (Å²) in [6, 6.07) is 1.84. The molecule has 1 aromatic heterocycles. The van der Waals surface area contributed by atoms with Crippen molar-refractivity contribution in [3.8, 4) is 0 Å². The van der Waals surface area contributed by atoms with Gasteiger partial charge in [0.25, 0.3) is 5.91 Å². The molecule has 0 atom stereocenters. The lowest BCUT2D eigenvalue weighted by Crippen LogP contribution is -2.30. The van der Waals surface area contributed by atoms with Gasteiger partial charge < -0.3 is 15.1 Å². The van der Waals surface area contributed by atoms with E-state index in [0.717, 1.165) is 31.7 Å². The fourth-order valence-electron chi connectivity index (χ4n) is 2.96. The van der Waals surface area contributed by atoms with Gasteiger partial charge in [-0.3, -0.25) is 4.79 Å². The Balaban J connectivity index is 2.11. The minimum Gasteiger partial charge on any atom is -0.351 e. The molecule has 1 aliphatic rings. The first-order chi connectivity index (χ1) is 12.0. The number of anilines is 1. The predicted molar refractivity (Wildman–Crippen MR) is 102 cm³/mol. The van der Waals surface area contributed by atoms with Gasteiger partial charge in [0.15, 0.2) is 0 Å². The first-order valence-corrected chi connectivity index (χ1v) is 9.54. The standard InChI is InChI=1S/C19H33N5O/c1-15(2)16-14-17(18(25)20-10-9-11-23(3)4)22-19(21-16)24-12-7-5-6-8-13-24/h14-15H,5-13H2,1-4H3,(H,20,25). The number of nitrogens with zero attached hydrogens (tertiary/aromatic N) is 4. The molecule has 25 heavy (non-hydrogen) atoms. The quantitative estimate of drug-likeness (QED) is 0.769. The summed E-state index contributed by atoms with van der Waals surface area (Å²) in [6.45, 7) is 7.79. The average molecular weight is 348 g/mol. The molecule has 1 amide bonds. The Labute approximate surface area is 152 Å². The van der Waals surface area contributed by atoms with Gasteiger partial charge in [-0.05, 0) is 51.9 Å². The first kappa shape index (κ1) is 19.6. The lowest BCUT2D eigenvalue weighted by molar-refractivity contribution is 0.0947. The number of carbonyl (C=O) groups excluding carboxylic acids is 1. The maximum atomic E-state index is 12.5. The Kier molecular flexibility index (Phi) is 7.62. The van der Waals surface area contributed by atoms with E-state index >= 15 is 0 Å². The maximum Gasteiger partial charge on any atom is 0.270 e. The van der Waals surface area contributed by atoms with Crippen molar-refractivity contribution >= 4 is 11.9 Å². The normalized spacial score (nSPS) is 15.5. The van der Waals surface area contributed by atoms with E-state index < -0.39 is 0 Å². The van der Waals surface area contributed by atoms with E-state index in [0.29, 0.717) is 18.2 Å². The molecule has 1 aliphatic heterocycles. The van der Waals surface area contributed by atoms with Crippen molar-refractivity contribution in [1.82, 2.24) is 20.2 Å². The van der Waals surface area contributed by atoms with Gasteiger partial charge in [0.05, 0.1) is 0 Å². The molecular weight excluding hydrogens is 314 g/mol. The third-order valence-corrected chi connectivity index (χ3v) is 4.51. The molecule has 1 N–H and O–H groups in total. The SMILES string of the molecule is CC(C)c1cc(C(=O)NCCCN(C)C)nc(N2CCCCCC2)n1. The second-order valence-corrected chi connectivity index (χ2v) is 7.45. The minimum atomic E-state index is -0.0980. The van der Waals surface area contributed by atoms with Gasteiger partial charge in [-0.25, -0.2) is 9.97 Å². The highest BCUT2D eigenvalue weighted by atomic mass is 16.1. The summed E-state index contributed by atoms with van der Waals surface area (Å²) in [5.41, 5.74) is 1.43. The second-order valence-electron chi connectivity index (χ2n) is 7.45. The van der Waals surface area contributed by atoms with E-state index in [1.54, 1.807) is 0 Å². The van der Waals surface area contributed by atoms with Crippen LogP contribution in [0.4, 0.5) is 5.95 Å². The van der Waals surface area contributed by atoms with Crippen LogP contribution in [0, 0.1) is 0 Å². The molecule has 0 radical (unpaired) electrons. The van der Waals surface area contributed by atoms with Gasteiger partial charge in [-0.2, -0.15) is 0 Å². The molecule has 0 spiro atoms. The number of nitrogens with one attached hydrogen (secondary N) is 1. The third-order valence-electron chi connectivity index (χ3n) is 4.51. The predicted octanol–water partition coefficient (Wildman–Crippen LogP) is 2.66. The van der Waals surface area contributed by atoms with E-state index in [1.165, 1.54) is 25.7 Å². The summed E-state index contributed by atoms with van der Waals surface area (Å²) in [5, 5.41) is 2.99. The Morgan fingerprint density at radius 2 is 1.88 bits per heavy atom. The third kappa shape index (κ3) is 6.27. The Hall–Kier alpha value is -1.69. The summed E-state index contributed by atoms with van der Waals surface area (Å²) < 4.78 is 0. The Morgan fingerprint density at radius 3 is 2.48 bits per heavy atom. The van der Waals surface area contributed by atoms with Crippen LogP contribution in [0.2, 0.25) is 0 Å². The van der Waals surface area contributed by atoms with Crippen molar-refractivity contribution in [3.63, 3.8) is 0 Å². The molecule has 0 bridgehead atoms. The average Bonchev–Trinajstić information content (AvgIpc) is 2.87.